The zero-order valence-electron chi connectivity index (χ0n) is 19.0. The smallest absolute Gasteiger partial charge is 0.326 e. The van der Waals surface area contributed by atoms with Crippen LogP contribution in [0.1, 0.15) is 36.2 Å². The van der Waals surface area contributed by atoms with Crippen LogP contribution in [0.5, 0.6) is 0 Å². The standard InChI is InChI=1S/C24H24Cl2N4O5/c1-3-12(2)9-28-19-20(22(32)21(19)31)30-17(24(34)35)8-13-4-6-14(7-5-13)29-23(33)18-15(25)10-27-11-16(18)26/h4-7,10-12,17,28,30H,3,8-9H2,1-2H3,(H,29,33)(H,34,35)/t12?,17-/m0/s1. The monoisotopic (exact) mass is 518 g/mol. The molecule has 35 heavy (non-hydrogen) atoms. The van der Waals surface area contributed by atoms with Gasteiger partial charge in [0.05, 0.1) is 15.6 Å². The minimum absolute atomic E-state index is 0.0132. The second-order valence-corrected chi connectivity index (χ2v) is 8.99. The van der Waals surface area contributed by atoms with E-state index in [0.29, 0.717) is 17.8 Å². The lowest BCUT2D eigenvalue weighted by molar-refractivity contribution is -0.137. The first kappa shape index (κ1) is 26.2. The van der Waals surface area contributed by atoms with Crippen molar-refractivity contribution in [1.82, 2.24) is 4.98 Å². The SMILES string of the molecule is CCC(C)CNc1c(N[C@@H](Cc2ccc(NC(=O)c3c(Cl)cncc3Cl)cc2)C(=O)O)c(=O)c1=O. The summed E-state index contributed by atoms with van der Waals surface area (Å²) in [7, 11) is 0. The Morgan fingerprint density at radius 2 is 1.63 bits per heavy atom. The van der Waals surface area contributed by atoms with Gasteiger partial charge in [-0.1, -0.05) is 55.6 Å². The molecule has 2 aromatic carbocycles. The molecule has 0 bridgehead atoms. The fourth-order valence-electron chi connectivity index (χ4n) is 3.27. The molecule has 0 saturated heterocycles. The molecule has 1 unspecified atom stereocenters. The average molecular weight is 519 g/mol. The molecule has 0 saturated carbocycles. The molecule has 184 valence electrons. The lowest BCUT2D eigenvalue weighted by atomic mass is 10.0. The largest absolute Gasteiger partial charge is 0.480 e. The summed E-state index contributed by atoms with van der Waals surface area (Å²) in [4.78, 5) is 52.1. The number of hydrogen-bond acceptors (Lipinski definition) is 7. The maximum absolute atomic E-state index is 12.5. The molecule has 0 aliphatic heterocycles. The van der Waals surface area contributed by atoms with Crippen molar-refractivity contribution < 1.29 is 14.7 Å². The predicted molar refractivity (Wildman–Crippen MR) is 137 cm³/mol. The van der Waals surface area contributed by atoms with E-state index >= 15 is 0 Å². The summed E-state index contributed by atoms with van der Waals surface area (Å²) in [5, 5.41) is 18.2. The maximum Gasteiger partial charge on any atom is 0.326 e. The van der Waals surface area contributed by atoms with Gasteiger partial charge < -0.3 is 21.1 Å². The molecule has 0 spiro atoms. The molecule has 2 atom stereocenters. The molecule has 3 aromatic rings. The highest BCUT2D eigenvalue weighted by Crippen LogP contribution is 2.24. The highest BCUT2D eigenvalue weighted by Gasteiger charge is 2.27. The Kier molecular flexibility index (Phi) is 8.48. The van der Waals surface area contributed by atoms with Crippen LogP contribution in [0.25, 0.3) is 0 Å². The number of halogens is 2. The number of carbonyl (C=O) groups excluding carboxylic acids is 1. The minimum Gasteiger partial charge on any atom is -0.480 e. The normalized spacial score (nSPS) is 12.7. The second-order valence-electron chi connectivity index (χ2n) is 8.17. The van der Waals surface area contributed by atoms with E-state index in [1.165, 1.54) is 12.4 Å². The topological polar surface area (TPSA) is 137 Å². The van der Waals surface area contributed by atoms with Crippen molar-refractivity contribution in [3.8, 4) is 0 Å². The zero-order valence-corrected chi connectivity index (χ0v) is 20.5. The average Bonchev–Trinajstić information content (AvgIpc) is 2.83. The Hall–Kier alpha value is -3.43. The van der Waals surface area contributed by atoms with Gasteiger partial charge in [0, 0.05) is 31.0 Å². The Balaban J connectivity index is 1.68. The number of nitrogens with one attached hydrogen (secondary N) is 3. The third kappa shape index (κ3) is 6.17. The Morgan fingerprint density at radius 3 is 2.20 bits per heavy atom. The summed E-state index contributed by atoms with van der Waals surface area (Å²) in [5.74, 6) is -1.41. The van der Waals surface area contributed by atoms with E-state index in [1.54, 1.807) is 24.3 Å². The van der Waals surface area contributed by atoms with Crippen LogP contribution in [0.4, 0.5) is 17.1 Å². The quantitative estimate of drug-likeness (QED) is 0.281. The van der Waals surface area contributed by atoms with Gasteiger partial charge in [-0.2, -0.15) is 0 Å². The number of amides is 1. The fourth-order valence-corrected chi connectivity index (χ4v) is 3.81. The van der Waals surface area contributed by atoms with Crippen LogP contribution in [-0.4, -0.2) is 34.6 Å². The van der Waals surface area contributed by atoms with Crippen LogP contribution in [-0.2, 0) is 11.2 Å². The van der Waals surface area contributed by atoms with Crippen LogP contribution in [0, 0.1) is 5.92 Å². The molecule has 3 rings (SSSR count). The lowest BCUT2D eigenvalue weighted by Crippen LogP contribution is -2.42. The number of anilines is 3. The van der Waals surface area contributed by atoms with Gasteiger partial charge in [0.1, 0.15) is 17.4 Å². The Bertz CT molecular complexity index is 1280. The van der Waals surface area contributed by atoms with Gasteiger partial charge in [-0.15, -0.1) is 0 Å². The molecule has 1 amide bonds. The molecule has 0 aliphatic carbocycles. The summed E-state index contributed by atoms with van der Waals surface area (Å²) in [6, 6.07) is 5.36. The summed E-state index contributed by atoms with van der Waals surface area (Å²) in [6.45, 7) is 4.50. The molecule has 4 N–H and O–H groups in total. The number of aromatic nitrogens is 1. The first-order valence-corrected chi connectivity index (χ1v) is 11.6. The number of rotatable bonds is 11. The number of carbonyl (C=O) groups is 2. The summed E-state index contributed by atoms with van der Waals surface area (Å²) < 4.78 is 0. The molecule has 1 aromatic heterocycles. The zero-order chi connectivity index (χ0) is 25.7. The first-order chi connectivity index (χ1) is 16.6. The van der Waals surface area contributed by atoms with Gasteiger partial charge in [0.2, 0.25) is 0 Å². The fraction of sp³-hybridized carbons (Fsp3) is 0.292. The van der Waals surface area contributed by atoms with Crippen molar-refractivity contribution in [3.05, 3.63) is 78.3 Å². The van der Waals surface area contributed by atoms with E-state index < -0.39 is 28.8 Å². The number of benzene rings is 1. The molecule has 0 radical (unpaired) electrons. The summed E-state index contributed by atoms with van der Waals surface area (Å²) in [6.07, 6.45) is 3.55. The number of carboxylic acid groups (broad SMARTS) is 1. The Morgan fingerprint density at radius 1 is 1.03 bits per heavy atom. The number of carboxylic acids is 1. The van der Waals surface area contributed by atoms with E-state index in [4.69, 9.17) is 23.2 Å². The molecule has 0 aliphatic rings. The highest BCUT2D eigenvalue weighted by molar-refractivity contribution is 6.40. The van der Waals surface area contributed by atoms with Gasteiger partial charge in [0.25, 0.3) is 16.8 Å². The van der Waals surface area contributed by atoms with Crippen molar-refractivity contribution in [2.24, 2.45) is 5.92 Å². The van der Waals surface area contributed by atoms with Crippen molar-refractivity contribution in [2.75, 3.05) is 22.5 Å². The van der Waals surface area contributed by atoms with E-state index in [-0.39, 0.29) is 39.3 Å². The van der Waals surface area contributed by atoms with Gasteiger partial charge in [-0.05, 0) is 23.6 Å². The molecule has 9 nitrogen and oxygen atoms in total. The van der Waals surface area contributed by atoms with E-state index in [1.807, 2.05) is 13.8 Å². The maximum atomic E-state index is 12.5. The molecule has 11 heteroatoms. The summed E-state index contributed by atoms with van der Waals surface area (Å²) in [5.41, 5.74) is -0.122. The van der Waals surface area contributed by atoms with Crippen LogP contribution in [0.15, 0.2) is 46.2 Å². The van der Waals surface area contributed by atoms with Crippen LogP contribution >= 0.6 is 23.2 Å². The van der Waals surface area contributed by atoms with E-state index in [0.717, 1.165) is 6.42 Å². The molecule has 0 fully saturated rings. The molecular formula is C24H24Cl2N4O5. The van der Waals surface area contributed by atoms with Crippen LogP contribution in [0.2, 0.25) is 10.0 Å². The Labute approximate surface area is 211 Å². The predicted octanol–water partition coefficient (Wildman–Crippen LogP) is 3.80. The van der Waals surface area contributed by atoms with E-state index in [9.17, 15) is 24.3 Å². The van der Waals surface area contributed by atoms with Gasteiger partial charge >= 0.3 is 5.97 Å². The highest BCUT2D eigenvalue weighted by atomic mass is 35.5. The minimum atomic E-state index is -1.18. The number of hydrogen-bond donors (Lipinski definition) is 4. The van der Waals surface area contributed by atoms with Crippen LogP contribution in [0.3, 0.4) is 0 Å². The number of nitrogens with zero attached hydrogens (tertiary/aromatic N) is 1. The van der Waals surface area contributed by atoms with Gasteiger partial charge in [0.15, 0.2) is 0 Å². The first-order valence-electron chi connectivity index (χ1n) is 10.9. The third-order valence-corrected chi connectivity index (χ3v) is 6.16. The van der Waals surface area contributed by atoms with Crippen molar-refractivity contribution >= 4 is 52.1 Å². The molecular weight excluding hydrogens is 495 g/mol. The number of pyridine rings is 1. The van der Waals surface area contributed by atoms with Gasteiger partial charge in [-0.25, -0.2) is 4.79 Å². The van der Waals surface area contributed by atoms with E-state index in [2.05, 4.69) is 20.9 Å². The van der Waals surface area contributed by atoms with Crippen molar-refractivity contribution in [3.63, 3.8) is 0 Å². The second kappa shape index (κ2) is 11.3. The number of aliphatic carboxylic acids is 1. The molecule has 1 heterocycles. The van der Waals surface area contributed by atoms with Crippen molar-refractivity contribution in [2.45, 2.75) is 32.7 Å². The van der Waals surface area contributed by atoms with Gasteiger partial charge in [-0.3, -0.25) is 19.4 Å². The summed E-state index contributed by atoms with van der Waals surface area (Å²) >= 11 is 12.0. The lowest BCUT2D eigenvalue weighted by Gasteiger charge is -2.21. The van der Waals surface area contributed by atoms with Crippen molar-refractivity contribution in [1.29, 1.82) is 0 Å². The third-order valence-electron chi connectivity index (χ3n) is 5.58. The van der Waals surface area contributed by atoms with Crippen LogP contribution < -0.4 is 26.8 Å².